The molecule has 0 atom stereocenters. The van der Waals surface area contributed by atoms with Crippen LogP contribution in [0.1, 0.15) is 24.2 Å². The molecule has 0 bridgehead atoms. The Hall–Kier alpha value is -1.04. The van der Waals surface area contributed by atoms with Crippen molar-refractivity contribution in [2.45, 2.75) is 19.4 Å². The average Bonchev–Trinajstić information content (AvgIpc) is 2.25. The molecule has 0 aliphatic heterocycles. The molecule has 5 nitrogen and oxygen atoms in total. The number of nitrogens with zero attached hydrogens (tertiary/aromatic N) is 2. The van der Waals surface area contributed by atoms with Gasteiger partial charge in [-0.05, 0) is 26.0 Å². The molecule has 0 saturated heterocycles. The third-order valence-electron chi connectivity index (χ3n) is 2.17. The normalized spacial score (nSPS) is 9.95. The fourth-order valence-corrected chi connectivity index (χ4v) is 1.20. The summed E-state index contributed by atoms with van der Waals surface area (Å²) in [4.78, 5) is 17.8. The molecule has 1 rings (SSSR count). The summed E-state index contributed by atoms with van der Waals surface area (Å²) in [5.74, 6) is 0.669. The predicted octanol–water partition coefficient (Wildman–Crippen LogP) is 1.46. The lowest BCUT2D eigenvalue weighted by Crippen LogP contribution is -2.45. The van der Waals surface area contributed by atoms with Gasteiger partial charge < -0.3 is 16.0 Å². The molecule has 0 aliphatic rings. The van der Waals surface area contributed by atoms with Crippen LogP contribution in [0.3, 0.4) is 0 Å². The molecule has 1 aromatic rings. The smallest absolute Gasteiger partial charge is 0.252 e. The number of pyridine rings is 1. The number of anilines is 1. The molecule has 7 heteroatoms. The lowest BCUT2D eigenvalue weighted by molar-refractivity contribution is 0.0945. The highest BCUT2D eigenvalue weighted by molar-refractivity contribution is 5.94. The van der Waals surface area contributed by atoms with E-state index in [4.69, 9.17) is 5.73 Å². The zero-order chi connectivity index (χ0) is 13.1. The first-order valence-corrected chi connectivity index (χ1v) is 5.50. The third kappa shape index (κ3) is 7.20. The second-order valence-electron chi connectivity index (χ2n) is 4.97. The zero-order valence-corrected chi connectivity index (χ0v) is 13.3. The Balaban J connectivity index is 0. The molecule has 3 N–H and O–H groups in total. The predicted molar refractivity (Wildman–Crippen MR) is 83.7 cm³/mol. The van der Waals surface area contributed by atoms with Gasteiger partial charge in [0.15, 0.2) is 0 Å². The fraction of sp³-hybridized carbons (Fsp3) is 0.500. The summed E-state index contributed by atoms with van der Waals surface area (Å²) in [5.41, 5.74) is 5.92. The van der Waals surface area contributed by atoms with E-state index < -0.39 is 5.54 Å². The minimum absolute atomic E-state index is 0. The van der Waals surface area contributed by atoms with Gasteiger partial charge in [-0.3, -0.25) is 4.79 Å². The summed E-state index contributed by atoms with van der Waals surface area (Å²) >= 11 is 0. The maximum absolute atomic E-state index is 11.8. The van der Waals surface area contributed by atoms with Crippen molar-refractivity contribution < 1.29 is 4.79 Å². The third-order valence-corrected chi connectivity index (χ3v) is 2.17. The molecule has 110 valence electrons. The number of hydrogen-bond acceptors (Lipinski definition) is 4. The van der Waals surface area contributed by atoms with Crippen LogP contribution >= 0.6 is 24.8 Å². The van der Waals surface area contributed by atoms with Crippen LogP contribution in [-0.4, -0.2) is 37.1 Å². The van der Waals surface area contributed by atoms with Crippen LogP contribution < -0.4 is 16.0 Å². The Bertz CT molecular complexity index is 388. The number of carbonyl (C=O) groups is 1. The number of nitrogens with one attached hydrogen (secondary N) is 1. The van der Waals surface area contributed by atoms with Crippen LogP contribution in [0, 0.1) is 0 Å². The summed E-state index contributed by atoms with van der Waals surface area (Å²) in [6.07, 6.45) is 1.56. The van der Waals surface area contributed by atoms with E-state index in [1.54, 1.807) is 12.3 Å². The quantitative estimate of drug-likeness (QED) is 0.883. The van der Waals surface area contributed by atoms with Gasteiger partial charge in [-0.15, -0.1) is 24.8 Å². The van der Waals surface area contributed by atoms with Crippen molar-refractivity contribution >= 4 is 36.5 Å². The molecule has 0 aliphatic carbocycles. The molecule has 0 fully saturated rings. The van der Waals surface area contributed by atoms with Crippen molar-refractivity contribution in [3.05, 3.63) is 23.9 Å². The van der Waals surface area contributed by atoms with E-state index in [0.29, 0.717) is 12.1 Å². The maximum Gasteiger partial charge on any atom is 0.252 e. The van der Waals surface area contributed by atoms with Gasteiger partial charge in [0.1, 0.15) is 5.82 Å². The van der Waals surface area contributed by atoms with Gasteiger partial charge >= 0.3 is 0 Å². The molecular weight excluding hydrogens is 287 g/mol. The first kappa shape index (κ1) is 20.3. The van der Waals surface area contributed by atoms with E-state index in [-0.39, 0.29) is 30.7 Å². The Morgan fingerprint density at radius 2 is 1.95 bits per heavy atom. The van der Waals surface area contributed by atoms with E-state index in [9.17, 15) is 4.79 Å². The van der Waals surface area contributed by atoms with Crippen molar-refractivity contribution in [3.63, 3.8) is 0 Å². The monoisotopic (exact) mass is 308 g/mol. The summed E-state index contributed by atoms with van der Waals surface area (Å²) in [7, 11) is 3.80. The van der Waals surface area contributed by atoms with E-state index in [1.165, 1.54) is 0 Å². The van der Waals surface area contributed by atoms with Gasteiger partial charge in [-0.25, -0.2) is 4.98 Å². The fourth-order valence-electron chi connectivity index (χ4n) is 1.20. The highest BCUT2D eigenvalue weighted by atomic mass is 35.5. The molecule has 0 radical (unpaired) electrons. The Morgan fingerprint density at radius 3 is 2.32 bits per heavy atom. The number of hydrogen-bond donors (Lipinski definition) is 2. The summed E-state index contributed by atoms with van der Waals surface area (Å²) in [6.45, 7) is 4.16. The van der Waals surface area contributed by atoms with E-state index in [1.807, 2.05) is 38.9 Å². The van der Waals surface area contributed by atoms with Gasteiger partial charge in [0, 0.05) is 32.4 Å². The minimum atomic E-state index is -0.410. The van der Waals surface area contributed by atoms with Crippen LogP contribution in [0.5, 0.6) is 0 Å². The molecule has 1 aromatic heterocycles. The van der Waals surface area contributed by atoms with Crippen molar-refractivity contribution in [2.24, 2.45) is 5.73 Å². The summed E-state index contributed by atoms with van der Waals surface area (Å²) in [5, 5.41) is 2.77. The van der Waals surface area contributed by atoms with E-state index in [0.717, 1.165) is 5.82 Å². The molecule has 1 heterocycles. The Labute approximate surface area is 126 Å². The van der Waals surface area contributed by atoms with Crippen LogP contribution in [0.25, 0.3) is 0 Å². The number of rotatable bonds is 4. The standard InChI is InChI=1S/C12H20N4O.2ClH/c1-12(2,13)8-15-11(17)9-5-6-10(14-7-9)16(3)4;;/h5-7H,8,13H2,1-4H3,(H,15,17);2*1H. The van der Waals surface area contributed by atoms with Crippen LogP contribution in [0.4, 0.5) is 5.82 Å². The number of nitrogens with two attached hydrogens (primary N) is 1. The molecule has 0 spiro atoms. The molecule has 0 saturated carbocycles. The minimum Gasteiger partial charge on any atom is -0.363 e. The molecule has 1 amide bonds. The molecule has 0 unspecified atom stereocenters. The second kappa shape index (κ2) is 8.19. The van der Waals surface area contributed by atoms with Crippen molar-refractivity contribution in [3.8, 4) is 0 Å². The number of aromatic nitrogens is 1. The number of amides is 1. The molecule has 0 aromatic carbocycles. The molecule has 19 heavy (non-hydrogen) atoms. The van der Waals surface area contributed by atoms with Crippen molar-refractivity contribution in [1.29, 1.82) is 0 Å². The lowest BCUT2D eigenvalue weighted by Gasteiger charge is -2.19. The first-order valence-electron chi connectivity index (χ1n) is 5.50. The lowest BCUT2D eigenvalue weighted by atomic mass is 10.1. The summed E-state index contributed by atoms with van der Waals surface area (Å²) < 4.78 is 0. The SMILES string of the molecule is CN(C)c1ccc(C(=O)NCC(C)(C)N)cn1.Cl.Cl. The number of carbonyl (C=O) groups excluding carboxylic acids is 1. The number of halogens is 2. The van der Waals surface area contributed by atoms with Gasteiger partial charge in [0.2, 0.25) is 0 Å². The van der Waals surface area contributed by atoms with Gasteiger partial charge in [0.05, 0.1) is 5.56 Å². The van der Waals surface area contributed by atoms with E-state index >= 15 is 0 Å². The van der Waals surface area contributed by atoms with Gasteiger partial charge in [-0.2, -0.15) is 0 Å². The first-order chi connectivity index (χ1) is 7.79. The van der Waals surface area contributed by atoms with Gasteiger partial charge in [0.25, 0.3) is 5.91 Å². The summed E-state index contributed by atoms with van der Waals surface area (Å²) in [6, 6.07) is 3.56. The van der Waals surface area contributed by atoms with E-state index in [2.05, 4.69) is 10.3 Å². The molecular formula is C12H22Cl2N4O. The van der Waals surface area contributed by atoms with Crippen LogP contribution in [0.2, 0.25) is 0 Å². The highest BCUT2D eigenvalue weighted by Gasteiger charge is 2.13. The average molecular weight is 309 g/mol. The highest BCUT2D eigenvalue weighted by Crippen LogP contribution is 2.07. The Kier molecular flexibility index (Phi) is 8.75. The van der Waals surface area contributed by atoms with Crippen molar-refractivity contribution in [1.82, 2.24) is 10.3 Å². The maximum atomic E-state index is 11.8. The largest absolute Gasteiger partial charge is 0.363 e. The Morgan fingerprint density at radius 1 is 1.37 bits per heavy atom. The van der Waals surface area contributed by atoms with Gasteiger partial charge in [-0.1, -0.05) is 0 Å². The second-order valence-corrected chi connectivity index (χ2v) is 4.97. The van der Waals surface area contributed by atoms with Crippen LogP contribution in [-0.2, 0) is 0 Å². The topological polar surface area (TPSA) is 71.2 Å². The zero-order valence-electron chi connectivity index (χ0n) is 11.6. The van der Waals surface area contributed by atoms with Crippen LogP contribution in [0.15, 0.2) is 18.3 Å². The van der Waals surface area contributed by atoms with Crippen molar-refractivity contribution in [2.75, 3.05) is 25.5 Å².